The summed E-state index contributed by atoms with van der Waals surface area (Å²) in [5.74, 6) is -1.13. The van der Waals surface area contributed by atoms with Crippen LogP contribution in [-0.4, -0.2) is 54.5 Å². The third-order valence-corrected chi connectivity index (χ3v) is 4.94. The van der Waals surface area contributed by atoms with Crippen molar-refractivity contribution in [2.75, 3.05) is 43.4 Å². The Morgan fingerprint density at radius 2 is 1.83 bits per heavy atom. The molecule has 1 heterocycles. The minimum Gasteiger partial charge on any atom is -0.452 e. The number of carbonyl (C=O) groups excluding carboxylic acids is 2. The first kappa shape index (κ1) is 20.4. The van der Waals surface area contributed by atoms with Crippen molar-refractivity contribution in [2.45, 2.75) is 0 Å². The molecule has 3 rings (SSSR count). The molecule has 2 aromatic rings. The lowest BCUT2D eigenvalue weighted by Crippen LogP contribution is -2.50. The molecule has 1 aliphatic heterocycles. The second kappa shape index (κ2) is 8.78. The number of nitrogen functional groups attached to an aromatic ring is 1. The molecule has 1 aliphatic rings. The van der Waals surface area contributed by atoms with Gasteiger partial charge in [-0.05, 0) is 18.2 Å². The number of esters is 1. The quantitative estimate of drug-likeness (QED) is 0.342. The molecule has 0 unspecified atom stereocenters. The topological polar surface area (TPSA) is 119 Å². The lowest BCUT2D eigenvalue weighted by Gasteiger charge is -2.36. The zero-order valence-corrected chi connectivity index (χ0v) is 16.2. The molecule has 29 heavy (non-hydrogen) atoms. The van der Waals surface area contributed by atoms with Crippen molar-refractivity contribution in [3.8, 4) is 0 Å². The number of benzene rings is 2. The highest BCUT2D eigenvalue weighted by Gasteiger charge is 2.24. The van der Waals surface area contributed by atoms with Crippen molar-refractivity contribution >= 4 is 40.5 Å². The molecule has 2 N–H and O–H groups in total. The predicted molar refractivity (Wildman–Crippen MR) is 108 cm³/mol. The first-order valence-corrected chi connectivity index (χ1v) is 9.23. The average molecular weight is 419 g/mol. The number of anilines is 2. The van der Waals surface area contributed by atoms with E-state index in [-0.39, 0.29) is 22.8 Å². The SMILES string of the molecule is Nc1cc([N+](=O)[O-])ccc1C(=O)OCC(=O)N1CCN(c2ccccc2Cl)CC1. The number of nitrogens with zero attached hydrogens (tertiary/aromatic N) is 3. The summed E-state index contributed by atoms with van der Waals surface area (Å²) in [6, 6.07) is 10.9. The fourth-order valence-corrected chi connectivity index (χ4v) is 3.31. The molecule has 0 aliphatic carbocycles. The van der Waals surface area contributed by atoms with E-state index in [1.54, 1.807) is 4.90 Å². The fourth-order valence-electron chi connectivity index (χ4n) is 3.05. The number of hydrogen-bond donors (Lipinski definition) is 1. The highest BCUT2D eigenvalue weighted by molar-refractivity contribution is 6.33. The van der Waals surface area contributed by atoms with Crippen LogP contribution in [0.25, 0.3) is 0 Å². The largest absolute Gasteiger partial charge is 0.452 e. The van der Waals surface area contributed by atoms with Crippen molar-refractivity contribution in [3.63, 3.8) is 0 Å². The van der Waals surface area contributed by atoms with E-state index >= 15 is 0 Å². The maximum atomic E-state index is 12.4. The highest BCUT2D eigenvalue weighted by Crippen LogP contribution is 2.26. The number of non-ortho nitro benzene ring substituents is 1. The minimum atomic E-state index is -0.805. The van der Waals surface area contributed by atoms with E-state index in [0.717, 1.165) is 17.8 Å². The first-order valence-electron chi connectivity index (χ1n) is 8.85. The molecule has 1 fully saturated rings. The summed E-state index contributed by atoms with van der Waals surface area (Å²) in [4.78, 5) is 38.3. The van der Waals surface area contributed by atoms with Crippen LogP contribution in [-0.2, 0) is 9.53 Å². The minimum absolute atomic E-state index is 0.0214. The van der Waals surface area contributed by atoms with E-state index in [9.17, 15) is 19.7 Å². The van der Waals surface area contributed by atoms with Crippen molar-refractivity contribution in [1.82, 2.24) is 4.90 Å². The van der Waals surface area contributed by atoms with Gasteiger partial charge < -0.3 is 20.3 Å². The number of para-hydroxylation sites is 1. The lowest BCUT2D eigenvalue weighted by molar-refractivity contribution is -0.384. The number of carbonyl (C=O) groups is 2. The van der Waals surface area contributed by atoms with E-state index in [1.165, 1.54) is 6.07 Å². The number of amides is 1. The van der Waals surface area contributed by atoms with Crippen molar-refractivity contribution < 1.29 is 19.2 Å². The van der Waals surface area contributed by atoms with Gasteiger partial charge in [0.25, 0.3) is 11.6 Å². The van der Waals surface area contributed by atoms with E-state index in [2.05, 4.69) is 4.90 Å². The van der Waals surface area contributed by atoms with Gasteiger partial charge in [0.2, 0.25) is 0 Å². The smallest absolute Gasteiger partial charge is 0.340 e. The summed E-state index contributed by atoms with van der Waals surface area (Å²) >= 11 is 6.21. The molecular formula is C19H19ClN4O5. The van der Waals surface area contributed by atoms with Crippen LogP contribution in [0.1, 0.15) is 10.4 Å². The molecule has 0 radical (unpaired) electrons. The number of nitro groups is 1. The normalized spacial score (nSPS) is 13.8. The van der Waals surface area contributed by atoms with Gasteiger partial charge in [-0.2, -0.15) is 0 Å². The molecule has 2 aromatic carbocycles. The maximum Gasteiger partial charge on any atom is 0.340 e. The molecule has 1 saturated heterocycles. The molecule has 0 saturated carbocycles. The van der Waals surface area contributed by atoms with Crippen molar-refractivity contribution in [3.05, 3.63) is 63.2 Å². The van der Waals surface area contributed by atoms with Gasteiger partial charge in [0.05, 0.1) is 26.9 Å². The maximum absolute atomic E-state index is 12.4. The number of ether oxygens (including phenoxy) is 1. The lowest BCUT2D eigenvalue weighted by atomic mass is 10.1. The Balaban J connectivity index is 1.52. The molecule has 0 bridgehead atoms. The van der Waals surface area contributed by atoms with Crippen LogP contribution >= 0.6 is 11.6 Å². The van der Waals surface area contributed by atoms with E-state index in [1.807, 2.05) is 24.3 Å². The Morgan fingerprint density at radius 3 is 2.45 bits per heavy atom. The third-order valence-electron chi connectivity index (χ3n) is 4.62. The van der Waals surface area contributed by atoms with E-state index in [4.69, 9.17) is 22.1 Å². The van der Waals surface area contributed by atoms with E-state index < -0.39 is 17.5 Å². The Labute approximate surface area is 171 Å². The number of nitrogens with two attached hydrogens (primary N) is 1. The molecule has 9 nitrogen and oxygen atoms in total. The molecule has 152 valence electrons. The molecule has 1 amide bonds. The van der Waals surface area contributed by atoms with Gasteiger partial charge in [0.1, 0.15) is 0 Å². The molecule has 0 atom stereocenters. The second-order valence-corrected chi connectivity index (χ2v) is 6.83. The van der Waals surface area contributed by atoms with Gasteiger partial charge in [-0.3, -0.25) is 14.9 Å². The summed E-state index contributed by atoms with van der Waals surface area (Å²) in [7, 11) is 0. The zero-order valence-electron chi connectivity index (χ0n) is 15.4. The number of piperazine rings is 1. The van der Waals surface area contributed by atoms with Crippen LogP contribution in [0.2, 0.25) is 5.02 Å². The number of rotatable bonds is 5. The fraction of sp³-hybridized carbons (Fsp3) is 0.263. The zero-order chi connectivity index (χ0) is 21.0. The summed E-state index contributed by atoms with van der Waals surface area (Å²) in [5, 5.41) is 11.4. The summed E-state index contributed by atoms with van der Waals surface area (Å²) in [6.45, 7) is 1.74. The number of hydrogen-bond acceptors (Lipinski definition) is 7. The third kappa shape index (κ3) is 4.75. The van der Waals surface area contributed by atoms with Gasteiger partial charge in [0.15, 0.2) is 6.61 Å². The standard InChI is InChI=1S/C19H19ClN4O5/c20-15-3-1-2-4-17(15)22-7-9-23(10-8-22)18(25)12-29-19(26)14-6-5-13(24(27)28)11-16(14)21/h1-6,11H,7-10,12,21H2. The van der Waals surface area contributed by atoms with Gasteiger partial charge in [-0.25, -0.2) is 4.79 Å². The van der Waals surface area contributed by atoms with Crippen LogP contribution in [0.3, 0.4) is 0 Å². The predicted octanol–water partition coefficient (Wildman–Crippen LogP) is 2.34. The Kier molecular flexibility index (Phi) is 6.18. The number of nitro benzene ring substituents is 1. The molecule has 10 heteroatoms. The number of halogens is 1. The summed E-state index contributed by atoms with van der Waals surface area (Å²) < 4.78 is 5.04. The van der Waals surface area contributed by atoms with Gasteiger partial charge in [-0.1, -0.05) is 23.7 Å². The van der Waals surface area contributed by atoms with Crippen LogP contribution in [0, 0.1) is 10.1 Å². The second-order valence-electron chi connectivity index (χ2n) is 6.42. The molecule has 0 aromatic heterocycles. The first-order chi connectivity index (χ1) is 13.9. The van der Waals surface area contributed by atoms with Gasteiger partial charge >= 0.3 is 5.97 Å². The Hall–Kier alpha value is -3.33. The summed E-state index contributed by atoms with van der Waals surface area (Å²) in [5.41, 5.74) is 6.26. The highest BCUT2D eigenvalue weighted by atomic mass is 35.5. The van der Waals surface area contributed by atoms with Crippen LogP contribution in [0.15, 0.2) is 42.5 Å². The van der Waals surface area contributed by atoms with Crippen LogP contribution in [0.4, 0.5) is 17.1 Å². The summed E-state index contributed by atoms with van der Waals surface area (Å²) in [6.07, 6.45) is 0. The van der Waals surface area contributed by atoms with Crippen molar-refractivity contribution in [2.24, 2.45) is 0 Å². The van der Waals surface area contributed by atoms with Crippen LogP contribution in [0.5, 0.6) is 0 Å². The Morgan fingerprint density at radius 1 is 1.14 bits per heavy atom. The van der Waals surface area contributed by atoms with Gasteiger partial charge in [-0.15, -0.1) is 0 Å². The van der Waals surface area contributed by atoms with Gasteiger partial charge in [0, 0.05) is 38.3 Å². The van der Waals surface area contributed by atoms with Crippen molar-refractivity contribution in [1.29, 1.82) is 0 Å². The molecular weight excluding hydrogens is 400 g/mol. The monoisotopic (exact) mass is 418 g/mol. The van der Waals surface area contributed by atoms with Crippen LogP contribution < -0.4 is 10.6 Å². The Bertz CT molecular complexity index is 944. The van der Waals surface area contributed by atoms with E-state index in [0.29, 0.717) is 31.2 Å². The molecule has 0 spiro atoms. The average Bonchev–Trinajstić information content (AvgIpc) is 2.72.